The van der Waals surface area contributed by atoms with Gasteiger partial charge in [0.1, 0.15) is 18.2 Å². The van der Waals surface area contributed by atoms with Gasteiger partial charge in [-0.25, -0.2) is 8.78 Å². The summed E-state index contributed by atoms with van der Waals surface area (Å²) in [7, 11) is 0. The van der Waals surface area contributed by atoms with Gasteiger partial charge < -0.3 is 9.80 Å². The molecular formula is C17H19F2N2+. The number of halogens is 2. The molecule has 0 aromatic heterocycles. The molecule has 0 unspecified atom stereocenters. The second-order valence-corrected chi connectivity index (χ2v) is 5.45. The molecular weight excluding hydrogens is 270 g/mol. The SMILES string of the molecule is Fc1cccc(F)c1C[NH+]1CCN(c2ccccc2)CC1. The predicted molar refractivity (Wildman–Crippen MR) is 79.4 cm³/mol. The first-order valence-electron chi connectivity index (χ1n) is 7.30. The zero-order valence-corrected chi connectivity index (χ0v) is 11.9. The number of nitrogens with one attached hydrogen (secondary N) is 1. The molecule has 2 aromatic carbocycles. The first-order valence-corrected chi connectivity index (χ1v) is 7.30. The Hall–Kier alpha value is -1.94. The number of hydrogen-bond acceptors (Lipinski definition) is 1. The molecule has 0 aliphatic carbocycles. The van der Waals surface area contributed by atoms with E-state index < -0.39 is 11.6 Å². The Morgan fingerprint density at radius 2 is 1.48 bits per heavy atom. The summed E-state index contributed by atoms with van der Waals surface area (Å²) in [4.78, 5) is 3.55. The highest BCUT2D eigenvalue weighted by Gasteiger charge is 2.22. The second kappa shape index (κ2) is 6.22. The lowest BCUT2D eigenvalue weighted by Crippen LogP contribution is -3.13. The number of nitrogens with zero attached hydrogens (tertiary/aromatic N) is 1. The summed E-state index contributed by atoms with van der Waals surface area (Å²) in [6, 6.07) is 14.3. The van der Waals surface area contributed by atoms with Crippen LogP contribution in [-0.2, 0) is 6.54 Å². The fourth-order valence-electron chi connectivity index (χ4n) is 2.85. The molecule has 4 heteroatoms. The van der Waals surface area contributed by atoms with Crippen LogP contribution >= 0.6 is 0 Å². The number of piperazine rings is 1. The van der Waals surface area contributed by atoms with Crippen LogP contribution in [0.3, 0.4) is 0 Å². The van der Waals surface area contributed by atoms with E-state index in [9.17, 15) is 8.78 Å². The normalized spacial score (nSPS) is 16.2. The molecule has 2 aromatic rings. The van der Waals surface area contributed by atoms with Crippen LogP contribution in [-0.4, -0.2) is 26.2 Å². The number of anilines is 1. The van der Waals surface area contributed by atoms with Gasteiger partial charge in [0.05, 0.1) is 31.7 Å². The summed E-state index contributed by atoms with van der Waals surface area (Å²) in [5.74, 6) is -0.874. The number of rotatable bonds is 3. The van der Waals surface area contributed by atoms with Gasteiger partial charge in [0.25, 0.3) is 0 Å². The lowest BCUT2D eigenvalue weighted by molar-refractivity contribution is -0.914. The third kappa shape index (κ3) is 3.22. The summed E-state index contributed by atoms with van der Waals surface area (Å²) in [5, 5.41) is 0. The number of benzene rings is 2. The van der Waals surface area contributed by atoms with Gasteiger partial charge in [-0.2, -0.15) is 0 Å². The summed E-state index contributed by atoms with van der Waals surface area (Å²) >= 11 is 0. The van der Waals surface area contributed by atoms with Crippen LogP contribution < -0.4 is 9.80 Å². The van der Waals surface area contributed by atoms with Crippen molar-refractivity contribution < 1.29 is 13.7 Å². The third-order valence-corrected chi connectivity index (χ3v) is 4.08. The molecule has 0 saturated carbocycles. The van der Waals surface area contributed by atoms with E-state index in [2.05, 4.69) is 17.0 Å². The topological polar surface area (TPSA) is 7.68 Å². The Labute approximate surface area is 123 Å². The van der Waals surface area contributed by atoms with Gasteiger partial charge in [-0.3, -0.25) is 0 Å². The van der Waals surface area contributed by atoms with Crippen molar-refractivity contribution in [1.29, 1.82) is 0 Å². The maximum atomic E-state index is 13.7. The Kier molecular flexibility index (Phi) is 4.15. The molecule has 0 amide bonds. The maximum absolute atomic E-state index is 13.7. The summed E-state index contributed by atoms with van der Waals surface area (Å²) < 4.78 is 27.4. The molecule has 0 atom stereocenters. The highest BCUT2D eigenvalue weighted by molar-refractivity contribution is 5.46. The predicted octanol–water partition coefficient (Wildman–Crippen LogP) is 1.87. The Morgan fingerprint density at radius 1 is 0.857 bits per heavy atom. The Morgan fingerprint density at radius 3 is 2.10 bits per heavy atom. The molecule has 1 heterocycles. The smallest absolute Gasteiger partial charge is 0.135 e. The van der Waals surface area contributed by atoms with E-state index in [1.807, 2.05) is 18.2 Å². The van der Waals surface area contributed by atoms with E-state index in [-0.39, 0.29) is 5.56 Å². The fourth-order valence-corrected chi connectivity index (χ4v) is 2.85. The molecule has 0 spiro atoms. The van der Waals surface area contributed by atoms with Crippen LogP contribution in [0, 0.1) is 11.6 Å². The zero-order valence-electron chi connectivity index (χ0n) is 11.9. The van der Waals surface area contributed by atoms with Crippen molar-refractivity contribution in [2.45, 2.75) is 6.54 Å². The van der Waals surface area contributed by atoms with Crippen LogP contribution in [0.15, 0.2) is 48.5 Å². The van der Waals surface area contributed by atoms with Crippen molar-refractivity contribution in [3.05, 3.63) is 65.7 Å². The molecule has 1 fully saturated rings. The Bertz CT molecular complexity index is 573. The summed E-state index contributed by atoms with van der Waals surface area (Å²) in [5.41, 5.74) is 1.43. The fraction of sp³-hybridized carbons (Fsp3) is 0.294. The van der Waals surface area contributed by atoms with Crippen molar-refractivity contribution in [3.63, 3.8) is 0 Å². The largest absolute Gasteiger partial charge is 0.360 e. The molecule has 1 N–H and O–H groups in total. The Balaban J connectivity index is 1.62. The minimum atomic E-state index is -0.437. The monoisotopic (exact) mass is 289 g/mol. The van der Waals surface area contributed by atoms with Crippen molar-refractivity contribution >= 4 is 5.69 Å². The van der Waals surface area contributed by atoms with E-state index in [0.717, 1.165) is 26.2 Å². The van der Waals surface area contributed by atoms with Crippen molar-refractivity contribution in [1.82, 2.24) is 0 Å². The summed E-state index contributed by atoms with van der Waals surface area (Å²) in [6.07, 6.45) is 0. The molecule has 1 aliphatic rings. The second-order valence-electron chi connectivity index (χ2n) is 5.45. The van der Waals surface area contributed by atoms with Crippen molar-refractivity contribution in [2.24, 2.45) is 0 Å². The van der Waals surface area contributed by atoms with Crippen LogP contribution in [0.4, 0.5) is 14.5 Å². The standard InChI is InChI=1S/C17H18F2N2/c18-16-7-4-8-17(19)15(16)13-20-9-11-21(12-10-20)14-5-2-1-3-6-14/h1-8H,9-13H2/p+1. The van der Waals surface area contributed by atoms with Gasteiger partial charge >= 0.3 is 0 Å². The minimum Gasteiger partial charge on any atom is -0.360 e. The van der Waals surface area contributed by atoms with Gasteiger partial charge in [-0.15, -0.1) is 0 Å². The van der Waals surface area contributed by atoms with Gasteiger partial charge in [0.2, 0.25) is 0 Å². The molecule has 0 radical (unpaired) electrons. The van der Waals surface area contributed by atoms with E-state index in [0.29, 0.717) is 6.54 Å². The van der Waals surface area contributed by atoms with Crippen LogP contribution in [0.25, 0.3) is 0 Å². The average Bonchev–Trinajstić information content (AvgIpc) is 2.53. The molecule has 2 nitrogen and oxygen atoms in total. The third-order valence-electron chi connectivity index (χ3n) is 4.08. The van der Waals surface area contributed by atoms with Crippen LogP contribution in [0.2, 0.25) is 0 Å². The van der Waals surface area contributed by atoms with Gasteiger partial charge in [0, 0.05) is 5.69 Å². The molecule has 1 saturated heterocycles. The minimum absolute atomic E-state index is 0.209. The van der Waals surface area contributed by atoms with Crippen LogP contribution in [0.5, 0.6) is 0 Å². The van der Waals surface area contributed by atoms with E-state index in [1.54, 1.807) is 0 Å². The molecule has 21 heavy (non-hydrogen) atoms. The highest BCUT2D eigenvalue weighted by Crippen LogP contribution is 2.13. The molecule has 1 aliphatic heterocycles. The maximum Gasteiger partial charge on any atom is 0.135 e. The average molecular weight is 289 g/mol. The number of para-hydroxylation sites is 1. The molecule has 110 valence electrons. The summed E-state index contributed by atoms with van der Waals surface area (Å²) in [6.45, 7) is 4.03. The van der Waals surface area contributed by atoms with E-state index >= 15 is 0 Å². The lowest BCUT2D eigenvalue weighted by atomic mass is 10.1. The van der Waals surface area contributed by atoms with E-state index in [4.69, 9.17) is 0 Å². The van der Waals surface area contributed by atoms with Crippen LogP contribution in [0.1, 0.15) is 5.56 Å². The van der Waals surface area contributed by atoms with Gasteiger partial charge in [-0.1, -0.05) is 24.3 Å². The number of hydrogen-bond donors (Lipinski definition) is 1. The van der Waals surface area contributed by atoms with E-state index in [1.165, 1.54) is 28.8 Å². The quantitative estimate of drug-likeness (QED) is 0.906. The molecule has 0 bridgehead atoms. The zero-order chi connectivity index (χ0) is 14.7. The highest BCUT2D eigenvalue weighted by atomic mass is 19.1. The van der Waals surface area contributed by atoms with Gasteiger partial charge in [0.15, 0.2) is 0 Å². The molecule has 3 rings (SSSR count). The van der Waals surface area contributed by atoms with Gasteiger partial charge in [-0.05, 0) is 24.3 Å². The lowest BCUT2D eigenvalue weighted by Gasteiger charge is -2.33. The first-order chi connectivity index (χ1) is 10.2. The van der Waals surface area contributed by atoms with Crippen molar-refractivity contribution in [2.75, 3.05) is 31.1 Å². The van der Waals surface area contributed by atoms with Crippen molar-refractivity contribution in [3.8, 4) is 0 Å². The number of quaternary nitrogens is 1. The first kappa shape index (κ1) is 14.0.